The Balaban J connectivity index is 1.40. The van der Waals surface area contributed by atoms with E-state index < -0.39 is 11.7 Å². The molecular formula is C28H28F3N5O. The van der Waals surface area contributed by atoms with Crippen molar-refractivity contribution in [3.63, 3.8) is 0 Å². The van der Waals surface area contributed by atoms with Gasteiger partial charge < -0.3 is 9.80 Å². The zero-order valence-electron chi connectivity index (χ0n) is 20.3. The highest BCUT2D eigenvalue weighted by Gasteiger charge is 2.36. The maximum Gasteiger partial charge on any atom is 0.416 e. The highest BCUT2D eigenvalue weighted by molar-refractivity contribution is 5.75. The fraction of sp³-hybridized carbons (Fsp3) is 0.393. The molecule has 3 heterocycles. The van der Waals surface area contributed by atoms with E-state index in [0.717, 1.165) is 34.6 Å². The summed E-state index contributed by atoms with van der Waals surface area (Å²) in [4.78, 5) is 17.1. The van der Waals surface area contributed by atoms with Crippen LogP contribution in [0.3, 0.4) is 0 Å². The molecule has 5 rings (SSSR count). The van der Waals surface area contributed by atoms with Crippen LogP contribution in [0, 0.1) is 17.2 Å². The number of hydrogen-bond donors (Lipinski definition) is 1. The predicted octanol–water partition coefficient (Wildman–Crippen LogP) is 6.02. The third kappa shape index (κ3) is 5.48. The number of carbonyl (C=O) groups excluding carboxylic acids is 1. The van der Waals surface area contributed by atoms with Crippen LogP contribution in [0.1, 0.15) is 47.9 Å². The van der Waals surface area contributed by atoms with Gasteiger partial charge in [-0.15, -0.1) is 0 Å². The summed E-state index contributed by atoms with van der Waals surface area (Å²) in [6.45, 7) is 1.99. The van der Waals surface area contributed by atoms with Crippen molar-refractivity contribution in [2.24, 2.45) is 5.92 Å². The molecule has 0 radical (unpaired) electrons. The molecule has 2 aliphatic rings. The van der Waals surface area contributed by atoms with Gasteiger partial charge in [0, 0.05) is 55.2 Å². The molecule has 3 aromatic rings. The molecular weight excluding hydrogens is 479 g/mol. The Kier molecular flexibility index (Phi) is 6.92. The lowest BCUT2D eigenvalue weighted by Gasteiger charge is -2.41. The number of aromatic amines is 1. The topological polar surface area (TPSA) is 76.0 Å². The molecule has 2 saturated heterocycles. The number of piperidine rings is 2. The van der Waals surface area contributed by atoms with Gasteiger partial charge in [0.15, 0.2) is 0 Å². The molecule has 0 bridgehead atoms. The number of rotatable bonds is 3. The van der Waals surface area contributed by atoms with Crippen LogP contribution in [0.4, 0.5) is 18.0 Å². The molecule has 0 spiro atoms. The van der Waals surface area contributed by atoms with Crippen LogP contribution in [-0.2, 0) is 6.18 Å². The van der Waals surface area contributed by atoms with Gasteiger partial charge in [0.2, 0.25) is 0 Å². The van der Waals surface area contributed by atoms with Gasteiger partial charge in [-0.3, -0.25) is 5.10 Å². The van der Waals surface area contributed by atoms with Gasteiger partial charge in [0.1, 0.15) is 0 Å². The lowest BCUT2D eigenvalue weighted by Crippen LogP contribution is -2.51. The van der Waals surface area contributed by atoms with E-state index in [2.05, 4.69) is 16.3 Å². The number of urea groups is 1. The van der Waals surface area contributed by atoms with Crippen molar-refractivity contribution in [2.75, 3.05) is 26.2 Å². The molecule has 2 aromatic carbocycles. The average Bonchev–Trinajstić information content (AvgIpc) is 3.43. The number of halogens is 3. The second-order valence-corrected chi connectivity index (χ2v) is 9.90. The maximum absolute atomic E-state index is 13.5. The Hall–Kier alpha value is -3.80. The first-order valence-corrected chi connectivity index (χ1v) is 12.5. The van der Waals surface area contributed by atoms with E-state index in [1.807, 2.05) is 41.3 Å². The molecule has 6 nitrogen and oxygen atoms in total. The van der Waals surface area contributed by atoms with Gasteiger partial charge in [0.05, 0.1) is 17.3 Å². The Bertz CT molecular complexity index is 1260. The van der Waals surface area contributed by atoms with E-state index in [1.54, 1.807) is 4.90 Å². The number of likely N-dealkylation sites (tertiary alicyclic amines) is 2. The third-order valence-electron chi connectivity index (χ3n) is 7.49. The molecule has 2 atom stereocenters. The van der Waals surface area contributed by atoms with Gasteiger partial charge in [-0.05, 0) is 43.0 Å². The third-order valence-corrected chi connectivity index (χ3v) is 7.49. The van der Waals surface area contributed by atoms with E-state index in [9.17, 15) is 23.2 Å². The summed E-state index contributed by atoms with van der Waals surface area (Å²) in [5.41, 5.74) is 2.79. The summed E-state index contributed by atoms with van der Waals surface area (Å²) in [6, 6.07) is 19.3. The lowest BCUT2D eigenvalue weighted by molar-refractivity contribution is -0.137. The molecule has 2 fully saturated rings. The van der Waals surface area contributed by atoms with E-state index in [0.29, 0.717) is 45.4 Å². The molecule has 0 aliphatic carbocycles. The zero-order valence-corrected chi connectivity index (χ0v) is 20.3. The van der Waals surface area contributed by atoms with Gasteiger partial charge in [-0.1, -0.05) is 42.5 Å². The van der Waals surface area contributed by atoms with Crippen LogP contribution >= 0.6 is 0 Å². The SMILES string of the molecule is N#CC1CCN(C(=O)N2CC(c3ccc(C(F)(F)F)cc3)CC(c3cc(-c4ccccc4)n[nH]3)C2)CC1. The number of H-pyrrole nitrogens is 1. The first-order valence-electron chi connectivity index (χ1n) is 12.5. The molecule has 1 N–H and O–H groups in total. The normalized spacial score (nSPS) is 21.0. The van der Waals surface area contributed by atoms with Crippen molar-refractivity contribution in [3.05, 3.63) is 77.5 Å². The molecule has 2 aliphatic heterocycles. The Morgan fingerprint density at radius 3 is 2.30 bits per heavy atom. The highest BCUT2D eigenvalue weighted by atomic mass is 19.4. The Labute approximate surface area is 213 Å². The summed E-state index contributed by atoms with van der Waals surface area (Å²) < 4.78 is 39.4. The molecule has 37 heavy (non-hydrogen) atoms. The summed E-state index contributed by atoms with van der Waals surface area (Å²) in [6.07, 6.45) is -2.40. The summed E-state index contributed by atoms with van der Waals surface area (Å²) in [5, 5.41) is 16.8. The second-order valence-electron chi connectivity index (χ2n) is 9.90. The molecule has 0 saturated carbocycles. The number of alkyl halides is 3. The van der Waals surface area contributed by atoms with Crippen molar-refractivity contribution in [3.8, 4) is 17.3 Å². The average molecular weight is 508 g/mol. The van der Waals surface area contributed by atoms with Crippen molar-refractivity contribution in [2.45, 2.75) is 37.3 Å². The van der Waals surface area contributed by atoms with E-state index in [-0.39, 0.29) is 23.8 Å². The first kappa shape index (κ1) is 24.9. The number of carbonyl (C=O) groups is 1. The summed E-state index contributed by atoms with van der Waals surface area (Å²) in [5.74, 6) is -0.198. The quantitative estimate of drug-likeness (QED) is 0.471. The number of aromatic nitrogens is 2. The van der Waals surface area contributed by atoms with E-state index in [1.165, 1.54) is 12.1 Å². The minimum absolute atomic E-state index is 0.0283. The standard InChI is InChI=1S/C28H28F3N5O/c29-28(30,31)24-8-6-20(7-9-24)22-14-23(26-15-25(33-34-26)21-4-2-1-3-5-21)18-36(17-22)27(37)35-12-10-19(16-32)11-13-35/h1-9,15,19,22-23H,10-14,17-18H2,(H,33,34). The Morgan fingerprint density at radius 2 is 1.65 bits per heavy atom. The fourth-order valence-electron chi connectivity index (χ4n) is 5.37. The van der Waals surface area contributed by atoms with Gasteiger partial charge in [-0.2, -0.15) is 23.5 Å². The molecule has 192 valence electrons. The van der Waals surface area contributed by atoms with E-state index >= 15 is 0 Å². The largest absolute Gasteiger partial charge is 0.416 e. The highest BCUT2D eigenvalue weighted by Crippen LogP contribution is 2.38. The van der Waals surface area contributed by atoms with E-state index in [4.69, 9.17) is 0 Å². The molecule has 2 unspecified atom stereocenters. The van der Waals surface area contributed by atoms with Crippen molar-refractivity contribution in [1.29, 1.82) is 5.26 Å². The van der Waals surface area contributed by atoms with Crippen molar-refractivity contribution in [1.82, 2.24) is 20.0 Å². The van der Waals surface area contributed by atoms with Gasteiger partial charge in [-0.25, -0.2) is 4.79 Å². The Morgan fingerprint density at radius 1 is 0.973 bits per heavy atom. The van der Waals surface area contributed by atoms with Crippen LogP contribution < -0.4 is 0 Å². The van der Waals surface area contributed by atoms with Crippen molar-refractivity contribution >= 4 is 6.03 Å². The number of nitrogens with zero attached hydrogens (tertiary/aromatic N) is 4. The number of benzene rings is 2. The lowest BCUT2D eigenvalue weighted by atomic mass is 9.82. The maximum atomic E-state index is 13.5. The van der Waals surface area contributed by atoms with Crippen LogP contribution in [0.5, 0.6) is 0 Å². The number of amides is 2. The molecule has 1 aromatic heterocycles. The minimum atomic E-state index is -4.39. The van der Waals surface area contributed by atoms with Crippen LogP contribution in [0.25, 0.3) is 11.3 Å². The van der Waals surface area contributed by atoms with Gasteiger partial charge >= 0.3 is 12.2 Å². The summed E-state index contributed by atoms with van der Waals surface area (Å²) >= 11 is 0. The van der Waals surface area contributed by atoms with Crippen LogP contribution in [0.2, 0.25) is 0 Å². The summed E-state index contributed by atoms with van der Waals surface area (Å²) in [7, 11) is 0. The number of hydrogen-bond acceptors (Lipinski definition) is 3. The van der Waals surface area contributed by atoms with Crippen LogP contribution in [-0.4, -0.2) is 52.2 Å². The number of nitrogens with one attached hydrogen (secondary N) is 1. The first-order chi connectivity index (χ1) is 17.8. The zero-order chi connectivity index (χ0) is 26.0. The second kappa shape index (κ2) is 10.3. The number of nitriles is 1. The molecule has 9 heteroatoms. The molecule has 2 amide bonds. The fourth-order valence-corrected chi connectivity index (χ4v) is 5.37. The monoisotopic (exact) mass is 507 g/mol. The minimum Gasteiger partial charge on any atom is -0.325 e. The predicted molar refractivity (Wildman–Crippen MR) is 132 cm³/mol. The van der Waals surface area contributed by atoms with Crippen molar-refractivity contribution < 1.29 is 18.0 Å². The smallest absolute Gasteiger partial charge is 0.325 e. The van der Waals surface area contributed by atoms with Crippen LogP contribution in [0.15, 0.2) is 60.7 Å². The van der Waals surface area contributed by atoms with Gasteiger partial charge in [0.25, 0.3) is 0 Å².